The number of anilines is 1. The van der Waals surface area contributed by atoms with Gasteiger partial charge in [-0.3, -0.25) is 10.1 Å². The number of benzene rings is 1. The Bertz CT molecular complexity index is 1160. The topological polar surface area (TPSA) is 103 Å². The highest BCUT2D eigenvalue weighted by molar-refractivity contribution is 7.91. The third-order valence-corrected chi connectivity index (χ3v) is 4.42. The number of fused-ring (bicyclic) bond motifs is 1. The van der Waals surface area contributed by atoms with Gasteiger partial charge >= 0.3 is 0 Å². The number of hydrogen-bond acceptors (Lipinski definition) is 6. The number of carbonyl (C=O) groups excluding carboxylic acids is 1. The predicted octanol–water partition coefficient (Wildman–Crippen LogP) is 2.06. The molecule has 0 atom stereocenters. The average molecular weight is 410 g/mol. The van der Waals surface area contributed by atoms with Gasteiger partial charge in [0.15, 0.2) is 27.1 Å². The molecule has 0 saturated heterocycles. The largest absolute Gasteiger partial charge is 0.491 e. The summed E-state index contributed by atoms with van der Waals surface area (Å²) in [7, 11) is -3.49. The number of carbonyl (C=O) groups is 1. The van der Waals surface area contributed by atoms with E-state index < -0.39 is 33.1 Å². The fourth-order valence-electron chi connectivity index (χ4n) is 2.52. The standard InChI is InChI=1S/C17H16F2N4O4S/c1-3-27-12-6-5-11(15(18)16(12)19)10-4-7-13-20-17(22-23(13)8-10)21-14(24)9-28(2,25)26/h4-8H,3,9H2,1-2H3,(H,21,22,24). The van der Waals surface area contributed by atoms with E-state index in [-0.39, 0.29) is 23.9 Å². The molecule has 0 aliphatic rings. The van der Waals surface area contributed by atoms with Crippen LogP contribution in [-0.4, -0.2) is 47.5 Å². The van der Waals surface area contributed by atoms with Crippen molar-refractivity contribution in [1.82, 2.24) is 14.6 Å². The molecular weight excluding hydrogens is 394 g/mol. The number of hydrogen-bond donors (Lipinski definition) is 1. The molecule has 1 aromatic carbocycles. The second kappa shape index (κ2) is 7.50. The molecule has 0 saturated carbocycles. The molecule has 1 amide bonds. The van der Waals surface area contributed by atoms with Crippen LogP contribution in [0.3, 0.4) is 0 Å². The number of aromatic nitrogens is 3. The van der Waals surface area contributed by atoms with Crippen molar-refractivity contribution in [3.63, 3.8) is 0 Å². The Hall–Kier alpha value is -3.08. The molecule has 0 bridgehead atoms. The lowest BCUT2D eigenvalue weighted by molar-refractivity contribution is -0.113. The summed E-state index contributed by atoms with van der Waals surface area (Å²) in [6.07, 6.45) is 2.34. The zero-order valence-electron chi connectivity index (χ0n) is 14.9. The van der Waals surface area contributed by atoms with Crippen molar-refractivity contribution in [3.8, 4) is 16.9 Å². The number of halogens is 2. The van der Waals surface area contributed by atoms with Crippen molar-refractivity contribution in [2.75, 3.05) is 23.9 Å². The molecule has 0 unspecified atom stereocenters. The lowest BCUT2D eigenvalue weighted by Gasteiger charge is -2.09. The minimum atomic E-state index is -3.49. The Morgan fingerprint density at radius 2 is 1.96 bits per heavy atom. The lowest BCUT2D eigenvalue weighted by Crippen LogP contribution is -2.22. The van der Waals surface area contributed by atoms with Crippen molar-refractivity contribution >= 4 is 27.3 Å². The quantitative estimate of drug-likeness (QED) is 0.667. The first-order valence-corrected chi connectivity index (χ1v) is 10.2. The van der Waals surface area contributed by atoms with Crippen LogP contribution in [0.5, 0.6) is 5.75 Å². The van der Waals surface area contributed by atoms with Gasteiger partial charge in [-0.05, 0) is 31.2 Å². The van der Waals surface area contributed by atoms with E-state index >= 15 is 0 Å². The second-order valence-corrected chi connectivity index (χ2v) is 8.09. The number of pyridine rings is 1. The summed E-state index contributed by atoms with van der Waals surface area (Å²) in [5.41, 5.74) is 0.650. The molecule has 28 heavy (non-hydrogen) atoms. The normalized spacial score (nSPS) is 11.6. The van der Waals surface area contributed by atoms with Crippen LogP contribution < -0.4 is 10.1 Å². The van der Waals surface area contributed by atoms with E-state index in [1.54, 1.807) is 6.92 Å². The summed E-state index contributed by atoms with van der Waals surface area (Å²) in [5, 5.41) is 6.28. The first-order chi connectivity index (χ1) is 13.2. The number of sulfone groups is 1. The van der Waals surface area contributed by atoms with Gasteiger partial charge in [0.05, 0.1) is 6.61 Å². The minimum Gasteiger partial charge on any atom is -0.491 e. The van der Waals surface area contributed by atoms with Crippen LogP contribution in [0.1, 0.15) is 6.92 Å². The van der Waals surface area contributed by atoms with Gasteiger partial charge in [-0.15, -0.1) is 5.10 Å². The van der Waals surface area contributed by atoms with Gasteiger partial charge in [0, 0.05) is 23.6 Å². The Balaban J connectivity index is 1.91. The molecule has 8 nitrogen and oxygen atoms in total. The molecule has 0 aliphatic carbocycles. The van der Waals surface area contributed by atoms with Gasteiger partial charge in [0.1, 0.15) is 5.75 Å². The second-order valence-electron chi connectivity index (χ2n) is 5.95. The van der Waals surface area contributed by atoms with Gasteiger partial charge < -0.3 is 4.74 Å². The van der Waals surface area contributed by atoms with Crippen molar-refractivity contribution in [3.05, 3.63) is 42.1 Å². The number of ether oxygens (including phenoxy) is 1. The molecule has 3 rings (SSSR count). The van der Waals surface area contributed by atoms with Crippen LogP contribution in [0.2, 0.25) is 0 Å². The number of rotatable bonds is 6. The molecule has 11 heteroatoms. The molecule has 2 heterocycles. The fraction of sp³-hybridized carbons (Fsp3) is 0.235. The molecular formula is C17H16F2N4O4S. The zero-order valence-corrected chi connectivity index (χ0v) is 15.8. The summed E-state index contributed by atoms with van der Waals surface area (Å²) in [6.45, 7) is 1.87. The summed E-state index contributed by atoms with van der Waals surface area (Å²) in [4.78, 5) is 15.7. The van der Waals surface area contributed by atoms with Gasteiger partial charge in [0.25, 0.3) is 0 Å². The van der Waals surface area contributed by atoms with E-state index in [0.717, 1.165) is 6.26 Å². The molecule has 148 valence electrons. The Kier molecular flexibility index (Phi) is 5.27. The highest BCUT2D eigenvalue weighted by Crippen LogP contribution is 2.30. The smallest absolute Gasteiger partial charge is 0.249 e. The highest BCUT2D eigenvalue weighted by atomic mass is 32.2. The molecule has 0 fully saturated rings. The van der Waals surface area contributed by atoms with Crippen molar-refractivity contribution < 1.29 is 26.7 Å². The summed E-state index contributed by atoms with van der Waals surface area (Å²) in [5.74, 6) is -3.92. The number of amides is 1. The monoisotopic (exact) mass is 410 g/mol. The van der Waals surface area contributed by atoms with E-state index in [9.17, 15) is 22.0 Å². The van der Waals surface area contributed by atoms with Crippen molar-refractivity contribution in [2.45, 2.75) is 6.92 Å². The van der Waals surface area contributed by atoms with Crippen LogP contribution in [0.25, 0.3) is 16.8 Å². The Morgan fingerprint density at radius 1 is 1.21 bits per heavy atom. The SMILES string of the molecule is CCOc1ccc(-c2ccc3nc(NC(=O)CS(C)(=O)=O)nn3c2)c(F)c1F. The molecule has 0 radical (unpaired) electrons. The maximum Gasteiger partial charge on any atom is 0.249 e. The molecule has 0 spiro atoms. The third-order valence-electron chi connectivity index (χ3n) is 3.63. The van der Waals surface area contributed by atoms with Gasteiger partial charge in [-0.25, -0.2) is 17.3 Å². The predicted molar refractivity (Wildman–Crippen MR) is 97.8 cm³/mol. The van der Waals surface area contributed by atoms with Crippen LogP contribution in [-0.2, 0) is 14.6 Å². The van der Waals surface area contributed by atoms with Gasteiger partial charge in [-0.1, -0.05) is 0 Å². The Morgan fingerprint density at radius 3 is 2.64 bits per heavy atom. The zero-order chi connectivity index (χ0) is 20.5. The van der Waals surface area contributed by atoms with Gasteiger partial charge in [-0.2, -0.15) is 9.37 Å². The Labute approximate surface area is 159 Å². The minimum absolute atomic E-state index is 0.000940. The summed E-state index contributed by atoms with van der Waals surface area (Å²) >= 11 is 0. The lowest BCUT2D eigenvalue weighted by atomic mass is 10.1. The first-order valence-electron chi connectivity index (χ1n) is 8.13. The summed E-state index contributed by atoms with van der Waals surface area (Å²) in [6, 6.07) is 5.74. The van der Waals surface area contributed by atoms with Crippen molar-refractivity contribution in [2.24, 2.45) is 0 Å². The van der Waals surface area contributed by atoms with Crippen LogP contribution in [0.15, 0.2) is 30.5 Å². The van der Waals surface area contributed by atoms with Crippen LogP contribution in [0, 0.1) is 11.6 Å². The van der Waals surface area contributed by atoms with E-state index in [1.165, 1.54) is 35.0 Å². The molecule has 3 aromatic rings. The highest BCUT2D eigenvalue weighted by Gasteiger charge is 2.17. The van der Waals surface area contributed by atoms with E-state index in [0.29, 0.717) is 11.2 Å². The van der Waals surface area contributed by atoms with Crippen molar-refractivity contribution in [1.29, 1.82) is 0 Å². The van der Waals surface area contributed by atoms with Gasteiger partial charge in [0.2, 0.25) is 17.7 Å². The molecule has 0 aliphatic heterocycles. The number of nitrogens with one attached hydrogen (secondary N) is 1. The maximum absolute atomic E-state index is 14.4. The fourth-order valence-corrected chi connectivity index (χ4v) is 3.06. The molecule has 1 N–H and O–H groups in total. The van der Waals surface area contributed by atoms with E-state index in [1.807, 2.05) is 0 Å². The van der Waals surface area contributed by atoms with Crippen LogP contribution in [0.4, 0.5) is 14.7 Å². The third kappa shape index (κ3) is 4.25. The van der Waals surface area contributed by atoms with E-state index in [4.69, 9.17) is 4.74 Å². The average Bonchev–Trinajstić information content (AvgIpc) is 2.98. The summed E-state index contributed by atoms with van der Waals surface area (Å²) < 4.78 is 57.1. The van der Waals surface area contributed by atoms with Crippen LogP contribution >= 0.6 is 0 Å². The van der Waals surface area contributed by atoms with E-state index in [2.05, 4.69) is 15.4 Å². The molecule has 2 aromatic heterocycles. The number of nitrogens with zero attached hydrogens (tertiary/aromatic N) is 3. The maximum atomic E-state index is 14.4. The first kappa shape index (κ1) is 19.7.